The van der Waals surface area contributed by atoms with E-state index in [2.05, 4.69) is 31.2 Å². The van der Waals surface area contributed by atoms with Gasteiger partial charge in [-0.3, -0.25) is 19.8 Å². The molecule has 2 aliphatic rings. The number of carbonyl (C=O) groups excluding carboxylic acids is 4. The Bertz CT molecular complexity index is 2920. The van der Waals surface area contributed by atoms with Crippen molar-refractivity contribution < 1.29 is 33.5 Å². The van der Waals surface area contributed by atoms with Crippen molar-refractivity contribution in [3.8, 4) is 0 Å². The third kappa shape index (κ3) is 11.4. The fourth-order valence-electron chi connectivity index (χ4n) is 7.75. The number of esters is 1. The SMILES string of the molecule is CC(C)(C)OC(=O)Nc1nc(/C(=N/OC(c2ccccc2)(c2ccccc2)c2ccccc2)C(=O)Nn2cc(SCSC3=C(C(=O)OC(c4ccccc4)c4ccccc4)N4C(=O)CC4SC3)nn2)cs1. The van der Waals surface area contributed by atoms with Crippen LogP contribution in [0.2, 0.25) is 0 Å². The number of benzene rings is 5. The van der Waals surface area contributed by atoms with Gasteiger partial charge in [-0.05, 0) is 37.1 Å². The third-order valence-electron chi connectivity index (χ3n) is 11.0. The molecule has 19 heteroatoms. The first-order valence-electron chi connectivity index (χ1n) is 22.3. The lowest BCUT2D eigenvalue weighted by molar-refractivity contribution is -0.151. The molecule has 1 unspecified atom stereocenters. The van der Waals surface area contributed by atoms with Crippen LogP contribution in [0.3, 0.4) is 0 Å². The van der Waals surface area contributed by atoms with Gasteiger partial charge in [0.15, 0.2) is 16.9 Å². The number of fused-ring (bicyclic) bond motifs is 1. The van der Waals surface area contributed by atoms with E-state index in [0.717, 1.165) is 43.9 Å². The monoisotopic (exact) mass is 1020 g/mol. The number of anilines is 1. The van der Waals surface area contributed by atoms with Gasteiger partial charge in [0.2, 0.25) is 11.5 Å². The van der Waals surface area contributed by atoms with Crippen molar-refractivity contribution in [2.75, 3.05) is 21.6 Å². The lowest BCUT2D eigenvalue weighted by Crippen LogP contribution is -2.54. The van der Waals surface area contributed by atoms with E-state index in [9.17, 15) is 19.2 Å². The minimum Gasteiger partial charge on any atom is -0.448 e. The van der Waals surface area contributed by atoms with Crippen LogP contribution < -0.4 is 10.7 Å². The largest absolute Gasteiger partial charge is 0.448 e. The predicted molar refractivity (Wildman–Crippen MR) is 277 cm³/mol. The van der Waals surface area contributed by atoms with E-state index < -0.39 is 35.3 Å². The number of nitrogens with one attached hydrogen (secondary N) is 2. The molecule has 0 spiro atoms. The van der Waals surface area contributed by atoms with E-state index in [4.69, 9.17) is 14.3 Å². The fourth-order valence-corrected chi connectivity index (χ4v) is 12.0. The van der Waals surface area contributed by atoms with Gasteiger partial charge in [-0.2, -0.15) is 4.79 Å². The van der Waals surface area contributed by atoms with Gasteiger partial charge >= 0.3 is 12.1 Å². The molecule has 3 amide bonds. The number of ether oxygens (including phenoxy) is 2. The number of nitrogens with zero attached hydrogens (tertiary/aromatic N) is 6. The Labute approximate surface area is 426 Å². The van der Waals surface area contributed by atoms with Crippen LogP contribution in [0.15, 0.2) is 184 Å². The first-order chi connectivity index (χ1) is 34.4. The molecule has 15 nitrogen and oxygen atoms in total. The van der Waals surface area contributed by atoms with Gasteiger partial charge in [0, 0.05) is 32.7 Å². The smallest absolute Gasteiger partial charge is 0.413 e. The summed E-state index contributed by atoms with van der Waals surface area (Å²) in [5.41, 5.74) is 4.61. The summed E-state index contributed by atoms with van der Waals surface area (Å²) in [5.74, 6) is -0.944. The molecule has 360 valence electrons. The standard InChI is InChI=1S/C52H46N8O7S4/c1-51(2,3)66-50(64)54-49-53-39(31-69-49)44(57-67-52(36-23-13-6-14-24-36,37-25-15-7-16-26-37)38-27-17-8-18-28-38)47(62)56-59-30-41(55-58-59)71-33-70-40-32-68-43-29-42(61)60(43)45(40)48(63)65-46(34-19-9-4-10-20-34)35-21-11-5-12-22-35/h4-28,30-31,43,46H,29,32-33H2,1-3H3,(H,56,62)(H,53,54,64)/b57-44-. The molecule has 0 aliphatic carbocycles. The molecule has 5 aromatic carbocycles. The number of rotatable bonds is 17. The van der Waals surface area contributed by atoms with Crippen molar-refractivity contribution >= 4 is 81.3 Å². The Kier molecular flexibility index (Phi) is 15.0. The molecule has 2 N–H and O–H groups in total. The van der Waals surface area contributed by atoms with Gasteiger partial charge in [-0.1, -0.05) is 169 Å². The third-order valence-corrected chi connectivity index (χ3v) is 15.2. The second-order valence-corrected chi connectivity index (χ2v) is 21.4. The molecule has 2 aromatic heterocycles. The lowest BCUT2D eigenvalue weighted by atomic mass is 9.80. The van der Waals surface area contributed by atoms with Crippen LogP contribution in [-0.2, 0) is 34.3 Å². The van der Waals surface area contributed by atoms with Crippen molar-refractivity contribution in [3.05, 3.63) is 207 Å². The van der Waals surface area contributed by atoms with Gasteiger partial charge in [0.25, 0.3) is 5.91 Å². The van der Waals surface area contributed by atoms with Crippen LogP contribution in [0.1, 0.15) is 66.8 Å². The summed E-state index contributed by atoms with van der Waals surface area (Å²) in [6, 6.07) is 47.7. The van der Waals surface area contributed by atoms with Gasteiger partial charge in [0.1, 0.15) is 22.0 Å². The molecular formula is C52H46N8O7S4. The van der Waals surface area contributed by atoms with Crippen LogP contribution in [0.25, 0.3) is 0 Å². The van der Waals surface area contributed by atoms with Crippen molar-refractivity contribution in [1.82, 2.24) is 25.0 Å². The van der Waals surface area contributed by atoms with Crippen LogP contribution >= 0.6 is 46.6 Å². The number of thiazole rings is 1. The van der Waals surface area contributed by atoms with E-state index in [0.29, 0.717) is 27.2 Å². The Morgan fingerprint density at radius 2 is 1.37 bits per heavy atom. The Balaban J connectivity index is 0.965. The Morgan fingerprint density at radius 3 is 1.92 bits per heavy atom. The summed E-state index contributed by atoms with van der Waals surface area (Å²) in [4.78, 5) is 69.1. The van der Waals surface area contributed by atoms with E-state index in [1.54, 1.807) is 49.0 Å². The van der Waals surface area contributed by atoms with Crippen LogP contribution in [0.4, 0.5) is 9.93 Å². The van der Waals surface area contributed by atoms with E-state index in [1.165, 1.54) is 23.5 Å². The van der Waals surface area contributed by atoms with Crippen molar-refractivity contribution in [3.63, 3.8) is 0 Å². The molecule has 2 aliphatic heterocycles. The predicted octanol–water partition coefficient (Wildman–Crippen LogP) is 10.2. The average molecular weight is 1020 g/mol. The summed E-state index contributed by atoms with van der Waals surface area (Å²) < 4.78 is 11.7. The van der Waals surface area contributed by atoms with Gasteiger partial charge in [-0.25, -0.2) is 20.0 Å². The summed E-state index contributed by atoms with van der Waals surface area (Å²) in [7, 11) is 0. The van der Waals surface area contributed by atoms with Crippen LogP contribution in [-0.4, -0.2) is 76.4 Å². The molecule has 4 heterocycles. The zero-order chi connectivity index (χ0) is 49.4. The summed E-state index contributed by atoms with van der Waals surface area (Å²) in [6.07, 6.45) is 0.490. The Morgan fingerprint density at radius 1 is 0.803 bits per heavy atom. The molecule has 71 heavy (non-hydrogen) atoms. The van der Waals surface area contributed by atoms with Gasteiger partial charge < -0.3 is 14.3 Å². The quantitative estimate of drug-likeness (QED) is 0.0168. The number of aromatic nitrogens is 4. The number of amides is 3. The molecule has 0 radical (unpaired) electrons. The molecule has 0 saturated carbocycles. The minimum absolute atomic E-state index is 0.0995. The summed E-state index contributed by atoms with van der Waals surface area (Å²) in [6.45, 7) is 5.25. The maximum Gasteiger partial charge on any atom is 0.413 e. The number of β-lactam (4-membered cyclic amide) rings is 1. The first kappa shape index (κ1) is 48.8. The molecule has 1 atom stereocenters. The highest BCUT2D eigenvalue weighted by molar-refractivity contribution is 8.18. The molecule has 1 saturated heterocycles. The minimum atomic E-state index is -1.34. The second kappa shape index (κ2) is 21.8. The number of hydrogen-bond acceptors (Lipinski definition) is 15. The van der Waals surface area contributed by atoms with Crippen molar-refractivity contribution in [2.24, 2.45) is 5.16 Å². The maximum atomic E-state index is 14.5. The summed E-state index contributed by atoms with van der Waals surface area (Å²) >= 11 is 5.41. The average Bonchev–Trinajstić information content (AvgIpc) is 4.04. The highest BCUT2D eigenvalue weighted by Crippen LogP contribution is 2.45. The van der Waals surface area contributed by atoms with E-state index in [-0.39, 0.29) is 33.5 Å². The molecule has 9 rings (SSSR count). The normalized spacial score (nSPS) is 14.9. The molecular weight excluding hydrogens is 977 g/mol. The van der Waals surface area contributed by atoms with Crippen LogP contribution in [0, 0.1) is 0 Å². The van der Waals surface area contributed by atoms with E-state index >= 15 is 0 Å². The highest BCUT2D eigenvalue weighted by atomic mass is 32.2. The number of oxime groups is 1. The maximum absolute atomic E-state index is 14.5. The number of thioether (sulfide) groups is 3. The number of carbonyl (C=O) groups is 4. The molecule has 7 aromatic rings. The van der Waals surface area contributed by atoms with E-state index in [1.807, 2.05) is 152 Å². The number of hydrogen-bond donors (Lipinski definition) is 2. The van der Waals surface area contributed by atoms with Gasteiger partial charge in [-0.15, -0.1) is 40.0 Å². The fraction of sp³-hybridized carbons (Fsp3) is 0.192. The second-order valence-electron chi connectivity index (χ2n) is 16.9. The zero-order valence-electron chi connectivity index (χ0n) is 38.5. The topological polar surface area (TPSA) is 179 Å². The van der Waals surface area contributed by atoms with Crippen molar-refractivity contribution in [1.29, 1.82) is 0 Å². The first-order valence-corrected chi connectivity index (χ1v) is 26.2. The molecule has 1 fully saturated rings. The lowest BCUT2D eigenvalue weighted by Gasteiger charge is -2.44. The zero-order valence-corrected chi connectivity index (χ0v) is 41.8. The Hall–Kier alpha value is -7.19. The summed E-state index contributed by atoms with van der Waals surface area (Å²) in [5, 5.41) is 18.2. The van der Waals surface area contributed by atoms with Crippen molar-refractivity contribution in [2.45, 2.75) is 54.9 Å². The van der Waals surface area contributed by atoms with Crippen LogP contribution in [0.5, 0.6) is 0 Å². The van der Waals surface area contributed by atoms with Gasteiger partial charge in [0.05, 0.1) is 23.1 Å². The molecule has 0 bridgehead atoms. The highest BCUT2D eigenvalue weighted by Gasteiger charge is 2.46.